The highest BCUT2D eigenvalue weighted by Gasteiger charge is 2.32. The number of aromatic nitrogens is 3. The average Bonchev–Trinajstić information content (AvgIpc) is 2.92. The van der Waals surface area contributed by atoms with Crippen molar-refractivity contribution in [2.75, 3.05) is 41.9 Å². The van der Waals surface area contributed by atoms with E-state index in [2.05, 4.69) is 20.2 Å². The summed E-state index contributed by atoms with van der Waals surface area (Å²) < 4.78 is 16.2. The molecule has 0 aliphatic carbocycles. The molecule has 11 nitrogen and oxygen atoms in total. The summed E-state index contributed by atoms with van der Waals surface area (Å²) in [5, 5.41) is 3.25. The van der Waals surface area contributed by atoms with Crippen molar-refractivity contribution in [3.8, 4) is 5.88 Å². The van der Waals surface area contributed by atoms with Gasteiger partial charge >= 0.3 is 12.1 Å². The fourth-order valence-electron chi connectivity index (χ4n) is 4.79. The maximum absolute atomic E-state index is 13.0. The Labute approximate surface area is 233 Å². The van der Waals surface area contributed by atoms with Crippen molar-refractivity contribution in [3.05, 3.63) is 59.0 Å². The van der Waals surface area contributed by atoms with Crippen molar-refractivity contribution in [2.24, 2.45) is 0 Å². The van der Waals surface area contributed by atoms with Crippen LogP contribution >= 0.6 is 0 Å². The van der Waals surface area contributed by atoms with Crippen molar-refractivity contribution in [2.45, 2.75) is 52.7 Å². The van der Waals surface area contributed by atoms with Crippen molar-refractivity contribution in [3.63, 3.8) is 0 Å². The molecular weight excluding hydrogens is 512 g/mol. The minimum Gasteiger partial charge on any atom is -0.474 e. The highest BCUT2D eigenvalue weighted by atomic mass is 16.6. The van der Waals surface area contributed by atoms with Crippen LogP contribution < -0.4 is 19.9 Å². The molecule has 0 radical (unpaired) electrons. The number of methoxy groups -OCH3 is 1. The van der Waals surface area contributed by atoms with Crippen LogP contribution in [0.1, 0.15) is 43.2 Å². The number of pyridine rings is 1. The van der Waals surface area contributed by atoms with E-state index in [0.717, 1.165) is 46.7 Å². The van der Waals surface area contributed by atoms with Gasteiger partial charge in [-0.1, -0.05) is 12.1 Å². The smallest absolute Gasteiger partial charge is 0.415 e. The van der Waals surface area contributed by atoms with Gasteiger partial charge in [0.05, 0.1) is 44.2 Å². The van der Waals surface area contributed by atoms with Gasteiger partial charge in [-0.25, -0.2) is 19.7 Å². The number of benzene rings is 1. The second-order valence-electron chi connectivity index (χ2n) is 10.8. The van der Waals surface area contributed by atoms with Crippen LogP contribution in [0.15, 0.2) is 36.7 Å². The van der Waals surface area contributed by atoms with Crippen LogP contribution in [0.4, 0.5) is 27.8 Å². The maximum Gasteiger partial charge on any atom is 0.415 e. The first-order valence-corrected chi connectivity index (χ1v) is 13.3. The van der Waals surface area contributed by atoms with Crippen LogP contribution in [-0.2, 0) is 33.7 Å². The van der Waals surface area contributed by atoms with Crippen molar-refractivity contribution in [1.82, 2.24) is 15.0 Å². The van der Waals surface area contributed by atoms with Gasteiger partial charge in [0.25, 0.3) is 0 Å². The number of nitrogens with one attached hydrogen (secondary N) is 1. The van der Waals surface area contributed by atoms with Gasteiger partial charge in [0.2, 0.25) is 11.8 Å². The van der Waals surface area contributed by atoms with Gasteiger partial charge in [0, 0.05) is 24.0 Å². The Hall–Kier alpha value is -4.41. The van der Waals surface area contributed by atoms with Crippen LogP contribution in [0.25, 0.3) is 0 Å². The van der Waals surface area contributed by atoms with E-state index in [1.54, 1.807) is 11.1 Å². The third kappa shape index (κ3) is 5.93. The zero-order chi connectivity index (χ0) is 28.4. The van der Waals surface area contributed by atoms with E-state index in [1.165, 1.54) is 7.11 Å². The lowest BCUT2D eigenvalue weighted by Crippen LogP contribution is -2.42. The molecule has 2 aliphatic heterocycles. The lowest BCUT2D eigenvalue weighted by atomic mass is 10.0. The van der Waals surface area contributed by atoms with Gasteiger partial charge in [0.15, 0.2) is 0 Å². The predicted octanol–water partition coefficient (Wildman–Crippen LogP) is 4.34. The zero-order valence-electron chi connectivity index (χ0n) is 23.5. The van der Waals surface area contributed by atoms with Gasteiger partial charge < -0.3 is 24.4 Å². The van der Waals surface area contributed by atoms with Crippen molar-refractivity contribution < 1.29 is 23.8 Å². The number of esters is 1. The third-order valence-electron chi connectivity index (χ3n) is 6.76. The van der Waals surface area contributed by atoms with E-state index in [1.807, 2.05) is 58.2 Å². The van der Waals surface area contributed by atoms with Gasteiger partial charge in [-0.05, 0) is 57.4 Å². The van der Waals surface area contributed by atoms with Gasteiger partial charge in [-0.3, -0.25) is 9.69 Å². The fourth-order valence-corrected chi connectivity index (χ4v) is 4.79. The molecule has 1 aromatic carbocycles. The summed E-state index contributed by atoms with van der Waals surface area (Å²) in [4.78, 5) is 42.2. The molecule has 40 heavy (non-hydrogen) atoms. The second kappa shape index (κ2) is 11.0. The lowest BCUT2D eigenvalue weighted by Gasteiger charge is -2.35. The number of carbonyl (C=O) groups excluding carboxylic acids is 2. The van der Waals surface area contributed by atoms with Crippen LogP contribution in [-0.4, -0.2) is 59.4 Å². The molecule has 0 unspecified atom stereocenters. The number of anilines is 4. The Morgan fingerprint density at radius 3 is 2.60 bits per heavy atom. The van der Waals surface area contributed by atoms with Crippen molar-refractivity contribution >= 4 is 35.1 Å². The van der Waals surface area contributed by atoms with E-state index >= 15 is 0 Å². The summed E-state index contributed by atoms with van der Waals surface area (Å²) in [6.45, 7) is 9.61. The first-order valence-electron chi connectivity index (χ1n) is 13.3. The summed E-state index contributed by atoms with van der Waals surface area (Å²) in [7, 11) is 1.38. The Kier molecular flexibility index (Phi) is 7.46. The first-order chi connectivity index (χ1) is 19.1. The molecule has 0 saturated heterocycles. The second-order valence-corrected chi connectivity index (χ2v) is 10.8. The number of fused-ring (bicyclic) bond motifs is 2. The Bertz CT molecular complexity index is 1420. The summed E-state index contributed by atoms with van der Waals surface area (Å²) in [5.41, 5.74) is 5.55. The number of rotatable bonds is 5. The number of carbonyl (C=O) groups is 2. The third-order valence-corrected chi connectivity index (χ3v) is 6.76. The molecule has 2 aromatic heterocycles. The molecule has 1 N–H and O–H groups in total. The van der Waals surface area contributed by atoms with E-state index in [-0.39, 0.29) is 12.4 Å². The van der Waals surface area contributed by atoms with Crippen LogP contribution in [0.3, 0.4) is 0 Å². The Balaban J connectivity index is 1.34. The highest BCUT2D eigenvalue weighted by Crippen LogP contribution is 2.39. The number of ether oxygens (including phenoxy) is 3. The molecular formula is C29H34N6O5. The van der Waals surface area contributed by atoms with Gasteiger partial charge in [-0.2, -0.15) is 0 Å². The molecule has 2 aliphatic rings. The molecule has 0 bridgehead atoms. The number of hydrogen-bond acceptors (Lipinski definition) is 10. The molecule has 0 atom stereocenters. The molecule has 0 spiro atoms. The predicted molar refractivity (Wildman–Crippen MR) is 150 cm³/mol. The fraction of sp³-hybridized carbons (Fsp3) is 0.414. The quantitative estimate of drug-likeness (QED) is 0.463. The lowest BCUT2D eigenvalue weighted by molar-refractivity contribution is -0.139. The van der Waals surface area contributed by atoms with E-state index < -0.39 is 11.7 Å². The summed E-state index contributed by atoms with van der Waals surface area (Å²) in [6, 6.07) is 7.51. The molecule has 1 amide bonds. The van der Waals surface area contributed by atoms with E-state index in [0.29, 0.717) is 37.2 Å². The van der Waals surface area contributed by atoms with Crippen LogP contribution in [0.2, 0.25) is 0 Å². The molecule has 0 fully saturated rings. The maximum atomic E-state index is 13.0. The Morgan fingerprint density at radius 2 is 1.88 bits per heavy atom. The van der Waals surface area contributed by atoms with Crippen molar-refractivity contribution in [1.29, 1.82) is 0 Å². The summed E-state index contributed by atoms with van der Waals surface area (Å²) in [5.74, 6) is 0.644. The van der Waals surface area contributed by atoms with Crippen LogP contribution in [0, 0.1) is 6.92 Å². The number of nitrogens with zero attached hydrogens (tertiary/aromatic N) is 5. The molecule has 0 saturated carbocycles. The largest absolute Gasteiger partial charge is 0.474 e. The van der Waals surface area contributed by atoms with E-state index in [4.69, 9.17) is 19.2 Å². The SMILES string of the molecule is COC(=O)Cc1ccc(Nc2ncc3c(n2)CN(c2cnc4c(c2C)N(C(=O)OC(C)(C)C)CCO4)CC3)cc1. The van der Waals surface area contributed by atoms with Crippen LogP contribution in [0.5, 0.6) is 5.88 Å². The normalized spacial score (nSPS) is 14.5. The Morgan fingerprint density at radius 1 is 1.10 bits per heavy atom. The minimum atomic E-state index is -0.610. The number of amides is 1. The van der Waals surface area contributed by atoms with Gasteiger partial charge in [0.1, 0.15) is 17.9 Å². The molecule has 210 valence electrons. The van der Waals surface area contributed by atoms with Gasteiger partial charge in [-0.15, -0.1) is 0 Å². The topological polar surface area (TPSA) is 119 Å². The first kappa shape index (κ1) is 27.2. The number of hydrogen-bond donors (Lipinski definition) is 1. The molecule has 4 heterocycles. The standard InChI is InChI=1S/C29H34N6O5/c1-18-23(16-30-26-25(18)35(12-13-39-26)28(37)40-29(2,3)4)34-11-10-20-15-31-27(33-22(20)17-34)32-21-8-6-19(7-9-21)14-24(36)38-5/h6-9,15-16H,10-14,17H2,1-5H3,(H,31,32,33). The monoisotopic (exact) mass is 546 g/mol. The molecule has 3 aromatic rings. The molecule has 11 heteroatoms. The summed E-state index contributed by atoms with van der Waals surface area (Å²) in [6.07, 6.45) is 4.25. The summed E-state index contributed by atoms with van der Waals surface area (Å²) >= 11 is 0. The van der Waals surface area contributed by atoms with E-state index in [9.17, 15) is 9.59 Å². The average molecular weight is 547 g/mol. The highest BCUT2D eigenvalue weighted by molar-refractivity contribution is 5.92. The minimum absolute atomic E-state index is 0.223. The zero-order valence-corrected chi connectivity index (χ0v) is 23.5. The molecule has 5 rings (SSSR count).